The number of ether oxygens (including phenoxy) is 1. The Morgan fingerprint density at radius 1 is 1.17 bits per heavy atom. The fourth-order valence-corrected chi connectivity index (χ4v) is 2.17. The maximum Gasteiger partial charge on any atom is 0.307 e. The van der Waals surface area contributed by atoms with E-state index in [0.29, 0.717) is 24.8 Å². The third-order valence-electron chi connectivity index (χ3n) is 3.65. The number of guanidine groups is 1. The highest BCUT2D eigenvalue weighted by molar-refractivity contribution is 5.80. The van der Waals surface area contributed by atoms with Crippen molar-refractivity contribution in [2.75, 3.05) is 27.2 Å². The van der Waals surface area contributed by atoms with Gasteiger partial charge in [0.15, 0.2) is 5.96 Å². The van der Waals surface area contributed by atoms with Gasteiger partial charge in [0.2, 0.25) is 0 Å². The zero-order valence-corrected chi connectivity index (χ0v) is 14.7. The number of hydrogen-bond acceptors (Lipinski definition) is 3. The number of hydrogen-bond donors (Lipinski definition) is 2. The van der Waals surface area contributed by atoms with Gasteiger partial charge >= 0.3 is 5.97 Å². The monoisotopic (exact) mass is 319 g/mol. The normalized spacial score (nSPS) is 11.4. The van der Waals surface area contributed by atoms with Gasteiger partial charge in [-0.2, -0.15) is 0 Å². The minimum Gasteiger partial charge on any atom is -0.469 e. The van der Waals surface area contributed by atoms with Gasteiger partial charge in [-0.15, -0.1) is 0 Å². The zero-order chi connectivity index (χ0) is 17.1. The van der Waals surface area contributed by atoms with E-state index >= 15 is 0 Å². The van der Waals surface area contributed by atoms with Crippen molar-refractivity contribution in [3.05, 3.63) is 35.4 Å². The van der Waals surface area contributed by atoms with Crippen LogP contribution in [0.1, 0.15) is 43.7 Å². The summed E-state index contributed by atoms with van der Waals surface area (Å²) in [4.78, 5) is 15.2. The Balaban J connectivity index is 2.23. The van der Waals surface area contributed by atoms with Crippen LogP contribution >= 0.6 is 0 Å². The van der Waals surface area contributed by atoms with Crippen LogP contribution in [0.4, 0.5) is 0 Å². The van der Waals surface area contributed by atoms with E-state index in [-0.39, 0.29) is 5.97 Å². The summed E-state index contributed by atoms with van der Waals surface area (Å²) in [6.07, 6.45) is 2.39. The molecule has 0 fully saturated rings. The summed E-state index contributed by atoms with van der Waals surface area (Å²) >= 11 is 0. The van der Waals surface area contributed by atoms with E-state index in [9.17, 15) is 4.79 Å². The Morgan fingerprint density at radius 2 is 1.83 bits per heavy atom. The van der Waals surface area contributed by atoms with Crippen LogP contribution in [-0.4, -0.2) is 39.2 Å². The summed E-state index contributed by atoms with van der Waals surface area (Å²) < 4.78 is 4.60. The maximum absolute atomic E-state index is 11.0. The topological polar surface area (TPSA) is 62.7 Å². The molecule has 0 spiro atoms. The number of methoxy groups -OCH3 is 1. The number of esters is 1. The first kappa shape index (κ1) is 19.0. The second-order valence-corrected chi connectivity index (χ2v) is 5.75. The van der Waals surface area contributed by atoms with Crippen molar-refractivity contribution in [3.63, 3.8) is 0 Å². The first-order valence-corrected chi connectivity index (χ1v) is 8.17. The Morgan fingerprint density at radius 3 is 2.39 bits per heavy atom. The van der Waals surface area contributed by atoms with Crippen molar-refractivity contribution in [1.29, 1.82) is 0 Å². The molecule has 0 aliphatic carbocycles. The van der Waals surface area contributed by atoms with Crippen LogP contribution < -0.4 is 10.6 Å². The van der Waals surface area contributed by atoms with Crippen molar-refractivity contribution in [2.24, 2.45) is 4.99 Å². The number of aliphatic imine (C=N–C) groups is 1. The molecule has 2 N–H and O–H groups in total. The molecule has 5 nitrogen and oxygen atoms in total. The Bertz CT molecular complexity index is 495. The second kappa shape index (κ2) is 10.6. The molecule has 0 aromatic heterocycles. The lowest BCUT2D eigenvalue weighted by Crippen LogP contribution is -2.38. The minimum absolute atomic E-state index is 0.224. The fourth-order valence-electron chi connectivity index (χ4n) is 2.17. The summed E-state index contributed by atoms with van der Waals surface area (Å²) in [5, 5.41) is 6.34. The number of carbonyl (C=O) groups excluding carboxylic acids is 1. The fraction of sp³-hybridized carbons (Fsp3) is 0.556. The van der Waals surface area contributed by atoms with Crippen LogP contribution in [0.25, 0.3) is 0 Å². The summed E-state index contributed by atoms with van der Waals surface area (Å²) in [6, 6.07) is 8.83. The molecule has 23 heavy (non-hydrogen) atoms. The Kier molecular flexibility index (Phi) is 8.80. The van der Waals surface area contributed by atoms with Gasteiger partial charge in [-0.3, -0.25) is 9.79 Å². The van der Waals surface area contributed by atoms with Gasteiger partial charge in [0.05, 0.1) is 13.5 Å². The van der Waals surface area contributed by atoms with Crippen molar-refractivity contribution in [1.82, 2.24) is 10.6 Å². The highest BCUT2D eigenvalue weighted by Crippen LogP contribution is 2.15. The highest BCUT2D eigenvalue weighted by Gasteiger charge is 2.02. The van der Waals surface area contributed by atoms with Crippen molar-refractivity contribution in [3.8, 4) is 0 Å². The molecule has 1 aromatic rings. The molecule has 5 heteroatoms. The summed E-state index contributed by atoms with van der Waals surface area (Å²) in [5.41, 5.74) is 2.73. The number of nitrogens with zero attached hydrogens (tertiary/aromatic N) is 1. The van der Waals surface area contributed by atoms with E-state index in [4.69, 9.17) is 0 Å². The van der Waals surface area contributed by atoms with E-state index in [0.717, 1.165) is 19.4 Å². The highest BCUT2D eigenvalue weighted by atomic mass is 16.5. The maximum atomic E-state index is 11.0. The molecule has 0 aliphatic heterocycles. The lowest BCUT2D eigenvalue weighted by Gasteiger charge is -2.11. The standard InChI is InChI=1S/C18H29N3O2/c1-14(2)16-9-7-15(8-10-16)6-5-12-20-18(19-3)21-13-11-17(22)23-4/h7-10,14H,5-6,11-13H2,1-4H3,(H2,19,20,21). The predicted molar refractivity (Wildman–Crippen MR) is 94.8 cm³/mol. The molecule has 0 amide bonds. The van der Waals surface area contributed by atoms with Crippen molar-refractivity contribution in [2.45, 2.75) is 39.0 Å². The molecule has 0 saturated carbocycles. The van der Waals surface area contributed by atoms with E-state index in [1.807, 2.05) is 0 Å². The lowest BCUT2D eigenvalue weighted by atomic mass is 10.0. The largest absolute Gasteiger partial charge is 0.469 e. The zero-order valence-electron chi connectivity index (χ0n) is 14.7. The molecule has 0 heterocycles. The average Bonchev–Trinajstić information content (AvgIpc) is 2.57. The number of rotatable bonds is 8. The van der Waals surface area contributed by atoms with E-state index in [1.165, 1.54) is 18.2 Å². The van der Waals surface area contributed by atoms with Crippen LogP contribution in [0.5, 0.6) is 0 Å². The average molecular weight is 319 g/mol. The third kappa shape index (κ3) is 7.68. The van der Waals surface area contributed by atoms with E-state index in [2.05, 4.69) is 58.5 Å². The first-order valence-electron chi connectivity index (χ1n) is 8.17. The van der Waals surface area contributed by atoms with Crippen molar-refractivity contribution >= 4 is 11.9 Å². The van der Waals surface area contributed by atoms with Gasteiger partial charge in [-0.25, -0.2) is 0 Å². The SMILES string of the molecule is CN=C(NCCCc1ccc(C(C)C)cc1)NCCC(=O)OC. The number of benzene rings is 1. The Labute approximate surface area is 139 Å². The Hall–Kier alpha value is -2.04. The van der Waals surface area contributed by atoms with Crippen LogP contribution in [0, 0.1) is 0 Å². The van der Waals surface area contributed by atoms with E-state index in [1.54, 1.807) is 7.05 Å². The molecule has 0 atom stereocenters. The predicted octanol–water partition coefficient (Wildman–Crippen LogP) is 2.47. The molecule has 1 rings (SSSR count). The molecule has 0 radical (unpaired) electrons. The molecule has 1 aromatic carbocycles. The van der Waals surface area contributed by atoms with Gasteiger partial charge in [0, 0.05) is 20.1 Å². The number of aryl methyl sites for hydroxylation is 1. The van der Waals surface area contributed by atoms with Crippen molar-refractivity contribution < 1.29 is 9.53 Å². The van der Waals surface area contributed by atoms with Crippen LogP contribution in [-0.2, 0) is 16.0 Å². The van der Waals surface area contributed by atoms with Crippen LogP contribution in [0.15, 0.2) is 29.3 Å². The minimum atomic E-state index is -0.224. The molecular weight excluding hydrogens is 290 g/mol. The molecule has 0 saturated heterocycles. The number of carbonyl (C=O) groups is 1. The summed E-state index contributed by atoms with van der Waals surface area (Å²) in [5.74, 6) is 1.06. The quantitative estimate of drug-likeness (QED) is 0.334. The van der Waals surface area contributed by atoms with Gasteiger partial charge in [0.25, 0.3) is 0 Å². The van der Waals surface area contributed by atoms with Gasteiger partial charge in [-0.05, 0) is 29.9 Å². The van der Waals surface area contributed by atoms with Gasteiger partial charge < -0.3 is 15.4 Å². The summed E-state index contributed by atoms with van der Waals surface area (Å²) in [7, 11) is 3.11. The smallest absolute Gasteiger partial charge is 0.307 e. The third-order valence-corrected chi connectivity index (χ3v) is 3.65. The van der Waals surface area contributed by atoms with Gasteiger partial charge in [-0.1, -0.05) is 38.1 Å². The molecule has 0 unspecified atom stereocenters. The van der Waals surface area contributed by atoms with Crippen LogP contribution in [0.2, 0.25) is 0 Å². The lowest BCUT2D eigenvalue weighted by molar-refractivity contribution is -0.140. The first-order chi connectivity index (χ1) is 11.1. The second-order valence-electron chi connectivity index (χ2n) is 5.75. The molecule has 128 valence electrons. The number of nitrogens with one attached hydrogen (secondary N) is 2. The molecule has 0 bridgehead atoms. The van der Waals surface area contributed by atoms with Crippen LogP contribution in [0.3, 0.4) is 0 Å². The molecule has 0 aliphatic rings. The van der Waals surface area contributed by atoms with Gasteiger partial charge in [0.1, 0.15) is 0 Å². The summed E-state index contributed by atoms with van der Waals surface area (Å²) in [6.45, 7) is 5.77. The van der Waals surface area contributed by atoms with E-state index < -0.39 is 0 Å². The molecular formula is C18H29N3O2.